The summed E-state index contributed by atoms with van der Waals surface area (Å²) in [6.45, 7) is 7.23. The van der Waals surface area contributed by atoms with Crippen LogP contribution < -0.4 is 15.5 Å². The van der Waals surface area contributed by atoms with Gasteiger partial charge in [-0.3, -0.25) is 14.7 Å². The van der Waals surface area contributed by atoms with Gasteiger partial charge in [0.05, 0.1) is 6.61 Å². The van der Waals surface area contributed by atoms with E-state index in [-0.39, 0.29) is 5.91 Å². The Kier molecular flexibility index (Phi) is 6.39. The zero-order chi connectivity index (χ0) is 20.1. The molecule has 1 amide bonds. The van der Waals surface area contributed by atoms with Gasteiger partial charge in [0.15, 0.2) is 0 Å². The van der Waals surface area contributed by atoms with Gasteiger partial charge >= 0.3 is 0 Å². The van der Waals surface area contributed by atoms with Crippen molar-refractivity contribution < 1.29 is 9.53 Å². The molecule has 2 N–H and O–H groups in total. The van der Waals surface area contributed by atoms with Gasteiger partial charge in [-0.15, -0.1) is 0 Å². The molecule has 0 unspecified atom stereocenters. The molecule has 3 heterocycles. The van der Waals surface area contributed by atoms with Crippen molar-refractivity contribution in [2.75, 3.05) is 38.1 Å². The predicted octanol–water partition coefficient (Wildman–Crippen LogP) is 3.43. The number of unbranched alkanes of at least 4 members (excludes halogenated alkanes) is 1. The average molecular weight is 397 g/mol. The van der Waals surface area contributed by atoms with Gasteiger partial charge in [0.2, 0.25) is 5.91 Å². The Morgan fingerprint density at radius 3 is 2.93 bits per heavy atom. The van der Waals surface area contributed by atoms with E-state index in [1.165, 1.54) is 16.7 Å². The number of hydrogen-bond donors (Lipinski definition) is 2. The molecule has 29 heavy (non-hydrogen) atoms. The number of hydrogen-bond acceptors (Lipinski definition) is 5. The molecule has 0 radical (unpaired) electrons. The molecule has 0 saturated carbocycles. The van der Waals surface area contributed by atoms with Crippen molar-refractivity contribution in [3.8, 4) is 5.75 Å². The van der Waals surface area contributed by atoms with Crippen LogP contribution >= 0.6 is 0 Å². The van der Waals surface area contributed by atoms with Gasteiger partial charge in [0.25, 0.3) is 0 Å². The van der Waals surface area contributed by atoms with Crippen LogP contribution in [0.4, 0.5) is 5.69 Å². The first kappa shape index (κ1) is 19.8. The Hall–Kier alpha value is -2.47. The van der Waals surface area contributed by atoms with E-state index in [1.807, 2.05) is 12.1 Å². The molecule has 1 fully saturated rings. The summed E-state index contributed by atoms with van der Waals surface area (Å²) in [5, 5.41) is 5.13. The second kappa shape index (κ2) is 9.35. The normalized spacial score (nSPS) is 18.8. The van der Waals surface area contributed by atoms with Gasteiger partial charge < -0.3 is 15.5 Å². The molecule has 6 nitrogen and oxygen atoms in total. The molecule has 0 spiro atoms. The van der Waals surface area contributed by atoms with Crippen LogP contribution in [0.15, 0.2) is 41.7 Å². The first-order valence-electron chi connectivity index (χ1n) is 10.9. The summed E-state index contributed by atoms with van der Waals surface area (Å²) in [7, 11) is 0. The summed E-state index contributed by atoms with van der Waals surface area (Å²) in [4.78, 5) is 14.1. The number of carbonyl (C=O) groups excluding carboxylic acids is 1. The zero-order valence-electron chi connectivity index (χ0n) is 17.4. The third-order valence-corrected chi connectivity index (χ3v) is 5.80. The van der Waals surface area contributed by atoms with Crippen molar-refractivity contribution in [2.45, 2.75) is 45.4 Å². The number of likely N-dealkylation sites (tertiary alicyclic amines) is 1. The number of carbonyl (C=O) groups is 1. The van der Waals surface area contributed by atoms with E-state index in [9.17, 15) is 4.79 Å². The summed E-state index contributed by atoms with van der Waals surface area (Å²) < 4.78 is 5.92. The van der Waals surface area contributed by atoms with E-state index < -0.39 is 0 Å². The molecular formula is C23H32N4O2. The van der Waals surface area contributed by atoms with Crippen molar-refractivity contribution in [2.24, 2.45) is 0 Å². The number of hydrazine groups is 1. The number of nitrogens with zero attached hydrogens (tertiary/aromatic N) is 2. The second-order valence-electron chi connectivity index (χ2n) is 8.10. The van der Waals surface area contributed by atoms with E-state index in [4.69, 9.17) is 4.74 Å². The fraction of sp³-hybridized carbons (Fsp3) is 0.522. The Morgan fingerprint density at radius 2 is 2.03 bits per heavy atom. The van der Waals surface area contributed by atoms with Crippen LogP contribution in [0.5, 0.6) is 5.75 Å². The van der Waals surface area contributed by atoms with Gasteiger partial charge in [0, 0.05) is 50.2 Å². The van der Waals surface area contributed by atoms with Crippen LogP contribution in [-0.2, 0) is 11.2 Å². The van der Waals surface area contributed by atoms with E-state index in [0.717, 1.165) is 69.7 Å². The van der Waals surface area contributed by atoms with Gasteiger partial charge in [-0.25, -0.2) is 0 Å². The Morgan fingerprint density at radius 1 is 1.10 bits per heavy atom. The van der Waals surface area contributed by atoms with E-state index in [2.05, 4.69) is 46.0 Å². The smallest absolute Gasteiger partial charge is 0.224 e. The maximum Gasteiger partial charge on any atom is 0.224 e. The fourth-order valence-corrected chi connectivity index (χ4v) is 4.16. The SMILES string of the molecule is CCCN1C=C2CN(CCCCOc3ccc4c(c3)NC(=O)CC4)CCC2=CN1. The largest absolute Gasteiger partial charge is 0.494 e. The highest BCUT2D eigenvalue weighted by Crippen LogP contribution is 2.27. The van der Waals surface area contributed by atoms with Crippen LogP contribution in [0.3, 0.4) is 0 Å². The fourth-order valence-electron chi connectivity index (χ4n) is 4.16. The summed E-state index contributed by atoms with van der Waals surface area (Å²) in [5.41, 5.74) is 8.38. The van der Waals surface area contributed by atoms with Crippen molar-refractivity contribution in [1.29, 1.82) is 0 Å². The second-order valence-corrected chi connectivity index (χ2v) is 8.10. The lowest BCUT2D eigenvalue weighted by Gasteiger charge is -2.35. The highest BCUT2D eigenvalue weighted by molar-refractivity contribution is 5.94. The Balaban J connectivity index is 1.18. The molecule has 1 aromatic rings. The summed E-state index contributed by atoms with van der Waals surface area (Å²) in [5.74, 6) is 0.936. The number of rotatable bonds is 8. The maximum absolute atomic E-state index is 11.6. The first-order valence-corrected chi connectivity index (χ1v) is 10.9. The Bertz CT molecular complexity index is 802. The lowest BCUT2D eigenvalue weighted by atomic mass is 9.98. The minimum atomic E-state index is 0.0934. The molecule has 4 rings (SSSR count). The van der Waals surface area contributed by atoms with Crippen molar-refractivity contribution in [3.05, 3.63) is 47.3 Å². The number of anilines is 1. The third kappa shape index (κ3) is 5.12. The molecule has 3 aliphatic heterocycles. The number of piperidine rings is 1. The topological polar surface area (TPSA) is 56.8 Å². The molecule has 1 aromatic carbocycles. The third-order valence-electron chi connectivity index (χ3n) is 5.80. The quantitative estimate of drug-likeness (QED) is 0.660. The van der Waals surface area contributed by atoms with Crippen LogP contribution in [0.25, 0.3) is 0 Å². The van der Waals surface area contributed by atoms with E-state index in [0.29, 0.717) is 13.0 Å². The van der Waals surface area contributed by atoms with E-state index in [1.54, 1.807) is 0 Å². The minimum Gasteiger partial charge on any atom is -0.494 e. The van der Waals surface area contributed by atoms with Gasteiger partial charge in [-0.2, -0.15) is 0 Å². The van der Waals surface area contributed by atoms with Crippen molar-refractivity contribution in [3.63, 3.8) is 0 Å². The molecule has 6 heteroatoms. The number of fused-ring (bicyclic) bond motifs is 2. The number of aryl methyl sites for hydroxylation is 1. The minimum absolute atomic E-state index is 0.0934. The van der Waals surface area contributed by atoms with Crippen LogP contribution in [-0.4, -0.2) is 48.6 Å². The number of ether oxygens (including phenoxy) is 1. The monoisotopic (exact) mass is 396 g/mol. The van der Waals surface area contributed by atoms with Gasteiger partial charge in [-0.1, -0.05) is 13.0 Å². The summed E-state index contributed by atoms with van der Waals surface area (Å²) in [6, 6.07) is 6.04. The van der Waals surface area contributed by atoms with Gasteiger partial charge in [-0.05, 0) is 61.4 Å². The molecule has 156 valence electrons. The first-order chi connectivity index (χ1) is 14.2. The van der Waals surface area contributed by atoms with Crippen LogP contribution in [0.2, 0.25) is 0 Å². The Labute approximate surface area is 173 Å². The van der Waals surface area contributed by atoms with E-state index >= 15 is 0 Å². The lowest BCUT2D eigenvalue weighted by molar-refractivity contribution is -0.116. The molecule has 3 aliphatic rings. The molecule has 0 bridgehead atoms. The average Bonchev–Trinajstić information content (AvgIpc) is 2.73. The lowest BCUT2D eigenvalue weighted by Crippen LogP contribution is -2.39. The highest BCUT2D eigenvalue weighted by atomic mass is 16.5. The van der Waals surface area contributed by atoms with Crippen molar-refractivity contribution in [1.82, 2.24) is 15.3 Å². The zero-order valence-corrected chi connectivity index (χ0v) is 17.4. The number of amides is 1. The molecule has 0 aliphatic carbocycles. The van der Waals surface area contributed by atoms with Crippen LogP contribution in [0.1, 0.15) is 44.6 Å². The van der Waals surface area contributed by atoms with Crippen molar-refractivity contribution >= 4 is 11.6 Å². The number of nitrogens with one attached hydrogen (secondary N) is 2. The molecule has 1 saturated heterocycles. The molecule has 0 aromatic heterocycles. The predicted molar refractivity (Wildman–Crippen MR) is 115 cm³/mol. The highest BCUT2D eigenvalue weighted by Gasteiger charge is 2.21. The van der Waals surface area contributed by atoms with Gasteiger partial charge in [0.1, 0.15) is 5.75 Å². The number of benzene rings is 1. The maximum atomic E-state index is 11.6. The molecular weight excluding hydrogens is 364 g/mol. The summed E-state index contributed by atoms with van der Waals surface area (Å²) in [6.07, 6.45) is 10.3. The summed E-state index contributed by atoms with van der Waals surface area (Å²) >= 11 is 0. The molecule has 0 atom stereocenters. The standard InChI is InChI=1S/C23H32N4O2/c1-2-10-27-17-20-16-26(12-9-19(20)15-24-27)11-3-4-13-29-21-7-5-18-6-8-23(28)25-22(18)14-21/h5,7,14-15,17,24H,2-4,6,8-13,16H2,1H3,(H,25,28). The van der Waals surface area contributed by atoms with Crippen LogP contribution in [0, 0.1) is 0 Å².